The van der Waals surface area contributed by atoms with Gasteiger partial charge < -0.3 is 9.47 Å². The summed E-state index contributed by atoms with van der Waals surface area (Å²) in [6.07, 6.45) is 5.68. The molecule has 4 heteroatoms. The summed E-state index contributed by atoms with van der Waals surface area (Å²) in [5.74, 6) is 1.38. The molecule has 0 heterocycles. The molecule has 1 saturated carbocycles. The SMILES string of the molecule is COc1cc(C)c(C2(N=C=O)CCCC2)cc1OC. The van der Waals surface area contributed by atoms with Gasteiger partial charge in [-0.05, 0) is 43.0 Å². The summed E-state index contributed by atoms with van der Waals surface area (Å²) in [6.45, 7) is 2.01. The first-order valence-corrected chi connectivity index (χ1v) is 6.49. The first-order valence-electron chi connectivity index (χ1n) is 6.49. The fraction of sp³-hybridized carbons (Fsp3) is 0.533. The Morgan fingerprint density at radius 2 is 1.74 bits per heavy atom. The van der Waals surface area contributed by atoms with Crippen molar-refractivity contribution in [3.8, 4) is 11.5 Å². The molecule has 19 heavy (non-hydrogen) atoms. The van der Waals surface area contributed by atoms with Gasteiger partial charge in [0.1, 0.15) is 0 Å². The van der Waals surface area contributed by atoms with E-state index in [1.54, 1.807) is 20.3 Å². The van der Waals surface area contributed by atoms with Crippen molar-refractivity contribution in [2.24, 2.45) is 4.99 Å². The lowest BCUT2D eigenvalue weighted by Gasteiger charge is -2.26. The third kappa shape index (κ3) is 2.36. The molecule has 0 aromatic heterocycles. The molecule has 0 unspecified atom stereocenters. The fourth-order valence-electron chi connectivity index (χ4n) is 2.97. The molecule has 1 aliphatic carbocycles. The Balaban J connectivity index is 2.57. The number of isocyanates is 1. The van der Waals surface area contributed by atoms with Crippen molar-refractivity contribution < 1.29 is 14.3 Å². The Morgan fingerprint density at radius 1 is 1.16 bits per heavy atom. The number of aryl methyl sites for hydroxylation is 1. The Hall–Kier alpha value is -1.80. The van der Waals surface area contributed by atoms with Crippen molar-refractivity contribution in [3.63, 3.8) is 0 Å². The van der Waals surface area contributed by atoms with Crippen molar-refractivity contribution in [1.82, 2.24) is 0 Å². The standard InChI is InChI=1S/C15H19NO3/c1-11-8-13(18-2)14(19-3)9-12(11)15(16-10-17)6-4-5-7-15/h8-9H,4-7H2,1-3H3. The van der Waals surface area contributed by atoms with E-state index >= 15 is 0 Å². The molecule has 1 fully saturated rings. The molecule has 1 aromatic carbocycles. The Labute approximate surface area is 113 Å². The Kier molecular flexibility index (Phi) is 3.91. The van der Waals surface area contributed by atoms with Gasteiger partial charge in [0.2, 0.25) is 6.08 Å². The summed E-state index contributed by atoms with van der Waals surface area (Å²) >= 11 is 0. The van der Waals surface area contributed by atoms with E-state index in [2.05, 4.69) is 4.99 Å². The van der Waals surface area contributed by atoms with Crippen molar-refractivity contribution in [2.75, 3.05) is 14.2 Å². The zero-order valence-corrected chi connectivity index (χ0v) is 11.7. The first kappa shape index (κ1) is 13.6. The van der Waals surface area contributed by atoms with Crippen LogP contribution in [0.4, 0.5) is 0 Å². The van der Waals surface area contributed by atoms with Crippen LogP contribution in [0.15, 0.2) is 17.1 Å². The molecule has 1 aromatic rings. The van der Waals surface area contributed by atoms with E-state index in [0.717, 1.165) is 36.8 Å². The van der Waals surface area contributed by atoms with Crippen molar-refractivity contribution >= 4 is 6.08 Å². The van der Waals surface area contributed by atoms with E-state index in [1.807, 2.05) is 19.1 Å². The second-order valence-corrected chi connectivity index (χ2v) is 4.96. The highest BCUT2D eigenvalue weighted by Gasteiger charge is 2.37. The zero-order chi connectivity index (χ0) is 13.9. The predicted molar refractivity (Wildman–Crippen MR) is 72.6 cm³/mol. The number of carbonyl (C=O) groups excluding carboxylic acids is 1. The van der Waals surface area contributed by atoms with Gasteiger partial charge in [0.05, 0.1) is 19.8 Å². The number of nitrogens with zero attached hydrogens (tertiary/aromatic N) is 1. The highest BCUT2D eigenvalue weighted by molar-refractivity contribution is 5.51. The number of aliphatic imine (C=N–C) groups is 1. The lowest BCUT2D eigenvalue weighted by Crippen LogP contribution is -2.20. The molecule has 0 saturated heterocycles. The van der Waals surface area contributed by atoms with Crippen LogP contribution in [0.3, 0.4) is 0 Å². The van der Waals surface area contributed by atoms with Gasteiger partial charge in [-0.2, -0.15) is 4.99 Å². The van der Waals surface area contributed by atoms with Crippen LogP contribution < -0.4 is 9.47 Å². The van der Waals surface area contributed by atoms with Crippen LogP contribution in [0.1, 0.15) is 36.8 Å². The lowest BCUT2D eigenvalue weighted by atomic mass is 9.85. The highest BCUT2D eigenvalue weighted by atomic mass is 16.5. The number of benzene rings is 1. The molecule has 0 spiro atoms. The van der Waals surface area contributed by atoms with E-state index in [4.69, 9.17) is 9.47 Å². The summed E-state index contributed by atoms with van der Waals surface area (Å²) in [4.78, 5) is 14.9. The summed E-state index contributed by atoms with van der Waals surface area (Å²) in [5.41, 5.74) is 1.69. The minimum absolute atomic E-state index is 0.425. The number of hydrogen-bond donors (Lipinski definition) is 0. The molecular weight excluding hydrogens is 242 g/mol. The van der Waals surface area contributed by atoms with Gasteiger partial charge in [-0.3, -0.25) is 0 Å². The normalized spacial score (nSPS) is 16.8. The average molecular weight is 261 g/mol. The van der Waals surface area contributed by atoms with Gasteiger partial charge in [0.15, 0.2) is 11.5 Å². The van der Waals surface area contributed by atoms with Gasteiger partial charge in [0, 0.05) is 0 Å². The van der Waals surface area contributed by atoms with E-state index in [9.17, 15) is 4.79 Å². The van der Waals surface area contributed by atoms with Gasteiger partial charge in [0.25, 0.3) is 0 Å². The molecule has 4 nitrogen and oxygen atoms in total. The molecule has 0 N–H and O–H groups in total. The van der Waals surface area contributed by atoms with Crippen LogP contribution in [-0.2, 0) is 10.3 Å². The summed E-state index contributed by atoms with van der Waals surface area (Å²) in [7, 11) is 3.23. The number of rotatable bonds is 4. The van der Waals surface area contributed by atoms with Crippen LogP contribution in [0.25, 0.3) is 0 Å². The van der Waals surface area contributed by atoms with E-state index in [1.165, 1.54) is 0 Å². The Bertz CT molecular complexity index is 512. The molecule has 1 aliphatic rings. The Morgan fingerprint density at radius 3 is 2.26 bits per heavy atom. The summed E-state index contributed by atoms with van der Waals surface area (Å²) in [5, 5.41) is 0. The molecular formula is C15H19NO3. The van der Waals surface area contributed by atoms with E-state index < -0.39 is 5.54 Å². The maximum atomic E-state index is 10.8. The van der Waals surface area contributed by atoms with Crippen LogP contribution in [0.5, 0.6) is 11.5 Å². The molecule has 2 rings (SSSR count). The number of hydrogen-bond acceptors (Lipinski definition) is 4. The first-order chi connectivity index (χ1) is 9.16. The van der Waals surface area contributed by atoms with Gasteiger partial charge in [-0.15, -0.1) is 0 Å². The largest absolute Gasteiger partial charge is 0.493 e. The smallest absolute Gasteiger partial charge is 0.235 e. The third-order valence-electron chi connectivity index (χ3n) is 3.92. The molecule has 0 radical (unpaired) electrons. The van der Waals surface area contributed by atoms with E-state index in [0.29, 0.717) is 11.5 Å². The van der Waals surface area contributed by atoms with Crippen molar-refractivity contribution in [2.45, 2.75) is 38.1 Å². The summed E-state index contributed by atoms with van der Waals surface area (Å²) in [6, 6.07) is 3.88. The summed E-state index contributed by atoms with van der Waals surface area (Å²) < 4.78 is 10.6. The third-order valence-corrected chi connectivity index (χ3v) is 3.92. The number of ether oxygens (including phenoxy) is 2. The van der Waals surface area contributed by atoms with Crippen molar-refractivity contribution in [1.29, 1.82) is 0 Å². The van der Waals surface area contributed by atoms with Crippen molar-refractivity contribution in [3.05, 3.63) is 23.3 Å². The maximum Gasteiger partial charge on any atom is 0.235 e. The van der Waals surface area contributed by atoms with Gasteiger partial charge in [-0.25, -0.2) is 4.79 Å². The molecule has 0 atom stereocenters. The zero-order valence-electron chi connectivity index (χ0n) is 11.7. The van der Waals surface area contributed by atoms with Crippen LogP contribution >= 0.6 is 0 Å². The second kappa shape index (κ2) is 5.45. The predicted octanol–water partition coefficient (Wildman–Crippen LogP) is 3.12. The fourth-order valence-corrected chi connectivity index (χ4v) is 2.97. The van der Waals surface area contributed by atoms with Gasteiger partial charge in [-0.1, -0.05) is 12.8 Å². The quantitative estimate of drug-likeness (QED) is 0.618. The molecule has 0 aliphatic heterocycles. The highest BCUT2D eigenvalue weighted by Crippen LogP contribution is 2.46. The van der Waals surface area contributed by atoms with Crippen LogP contribution in [-0.4, -0.2) is 20.3 Å². The van der Waals surface area contributed by atoms with Gasteiger partial charge >= 0.3 is 0 Å². The second-order valence-electron chi connectivity index (χ2n) is 4.96. The average Bonchev–Trinajstić information content (AvgIpc) is 2.88. The topological polar surface area (TPSA) is 47.9 Å². The number of methoxy groups -OCH3 is 2. The van der Waals surface area contributed by atoms with E-state index in [-0.39, 0.29) is 0 Å². The minimum Gasteiger partial charge on any atom is -0.493 e. The van der Waals surface area contributed by atoms with Crippen LogP contribution in [0, 0.1) is 6.92 Å². The lowest BCUT2D eigenvalue weighted by molar-refractivity contribution is 0.351. The maximum absolute atomic E-state index is 10.8. The molecule has 0 bridgehead atoms. The van der Waals surface area contributed by atoms with Crippen LogP contribution in [0.2, 0.25) is 0 Å². The monoisotopic (exact) mass is 261 g/mol. The molecule has 0 amide bonds. The minimum atomic E-state index is -0.425. The molecule has 102 valence electrons.